The molecule has 0 saturated carbocycles. The molecule has 0 aliphatic carbocycles. The number of nitrogens with zero attached hydrogens (tertiary/aromatic N) is 1. The maximum absolute atomic E-state index is 9.73. The van der Waals surface area contributed by atoms with Crippen molar-refractivity contribution in [3.05, 3.63) is 0 Å². The number of aliphatic hydroxyl groups is 1. The molecule has 3 nitrogen and oxygen atoms in total. The molecule has 2 unspecified atom stereocenters. The zero-order chi connectivity index (χ0) is 10.7. The Morgan fingerprint density at radius 2 is 1.86 bits per heavy atom. The number of β-amino-alcohol motifs (C(OH)–C–C–N with tert-alkyl or cyclic N) is 1. The molecular formula is C11H24N2O. The first-order valence-corrected chi connectivity index (χ1v) is 5.67. The highest BCUT2D eigenvalue weighted by atomic mass is 16.3. The predicted molar refractivity (Wildman–Crippen MR) is 59.4 cm³/mol. The van der Waals surface area contributed by atoms with E-state index >= 15 is 0 Å². The molecule has 0 spiro atoms. The van der Waals surface area contributed by atoms with Gasteiger partial charge >= 0.3 is 0 Å². The van der Waals surface area contributed by atoms with Crippen LogP contribution in [0.4, 0.5) is 0 Å². The quantitative estimate of drug-likeness (QED) is 0.708. The Morgan fingerprint density at radius 3 is 2.36 bits per heavy atom. The third kappa shape index (κ3) is 3.56. The van der Waals surface area contributed by atoms with Gasteiger partial charge in [0.1, 0.15) is 0 Å². The zero-order valence-electron chi connectivity index (χ0n) is 9.83. The average Bonchev–Trinajstić information content (AvgIpc) is 2.01. The van der Waals surface area contributed by atoms with E-state index in [1.54, 1.807) is 0 Å². The summed E-state index contributed by atoms with van der Waals surface area (Å²) in [7, 11) is 0. The number of likely N-dealkylation sites (tertiary alicyclic amines) is 1. The Kier molecular flexibility index (Phi) is 4.35. The molecule has 0 radical (unpaired) electrons. The summed E-state index contributed by atoms with van der Waals surface area (Å²) in [5.41, 5.74) is 0. The lowest BCUT2D eigenvalue weighted by Crippen LogP contribution is -2.54. The number of hydrogen-bond donors (Lipinski definition) is 2. The summed E-state index contributed by atoms with van der Waals surface area (Å²) in [4.78, 5) is 2.34. The highest BCUT2D eigenvalue weighted by molar-refractivity contribution is 4.85. The maximum atomic E-state index is 9.73. The number of hydrogen-bond acceptors (Lipinski definition) is 3. The summed E-state index contributed by atoms with van der Waals surface area (Å²) in [6.07, 6.45) is 0.726. The minimum Gasteiger partial charge on any atom is -0.392 e. The van der Waals surface area contributed by atoms with Crippen molar-refractivity contribution in [2.45, 2.75) is 58.3 Å². The van der Waals surface area contributed by atoms with Crippen molar-refractivity contribution in [2.24, 2.45) is 0 Å². The van der Waals surface area contributed by atoms with Gasteiger partial charge in [-0.1, -0.05) is 13.8 Å². The molecule has 0 aromatic heterocycles. The van der Waals surface area contributed by atoms with E-state index in [0.29, 0.717) is 18.1 Å². The largest absolute Gasteiger partial charge is 0.392 e. The van der Waals surface area contributed by atoms with Crippen molar-refractivity contribution in [1.29, 1.82) is 0 Å². The van der Waals surface area contributed by atoms with Crippen LogP contribution >= 0.6 is 0 Å². The second kappa shape index (κ2) is 5.10. The van der Waals surface area contributed by atoms with E-state index in [9.17, 15) is 5.11 Å². The zero-order valence-corrected chi connectivity index (χ0v) is 9.83. The molecule has 1 heterocycles. The van der Waals surface area contributed by atoms with Gasteiger partial charge in [-0.2, -0.15) is 0 Å². The van der Waals surface area contributed by atoms with Crippen LogP contribution in [-0.2, 0) is 0 Å². The molecular weight excluding hydrogens is 176 g/mol. The van der Waals surface area contributed by atoms with E-state index in [4.69, 9.17) is 0 Å². The topological polar surface area (TPSA) is 35.5 Å². The predicted octanol–water partition coefficient (Wildman–Crippen LogP) is 0.828. The summed E-state index contributed by atoms with van der Waals surface area (Å²) in [5.74, 6) is 0. The molecule has 0 amide bonds. The molecule has 1 saturated heterocycles. The minimum absolute atomic E-state index is 0.164. The van der Waals surface area contributed by atoms with Crippen LogP contribution in [0.3, 0.4) is 0 Å². The van der Waals surface area contributed by atoms with E-state index < -0.39 is 0 Å². The fourth-order valence-electron chi connectivity index (χ4n) is 2.12. The monoisotopic (exact) mass is 200 g/mol. The van der Waals surface area contributed by atoms with Crippen LogP contribution in [0.15, 0.2) is 0 Å². The Labute approximate surface area is 87.5 Å². The Bertz CT molecular complexity index is 169. The van der Waals surface area contributed by atoms with Gasteiger partial charge in [0.15, 0.2) is 0 Å². The fraction of sp³-hybridized carbons (Fsp3) is 1.00. The minimum atomic E-state index is -0.164. The van der Waals surface area contributed by atoms with E-state index in [0.717, 1.165) is 19.5 Å². The van der Waals surface area contributed by atoms with Crippen LogP contribution < -0.4 is 5.32 Å². The lowest BCUT2D eigenvalue weighted by atomic mass is 10.0. The van der Waals surface area contributed by atoms with Gasteiger partial charge in [0, 0.05) is 31.2 Å². The molecule has 3 heteroatoms. The van der Waals surface area contributed by atoms with Crippen LogP contribution in [0, 0.1) is 0 Å². The third-order valence-electron chi connectivity index (χ3n) is 2.76. The fourth-order valence-corrected chi connectivity index (χ4v) is 2.12. The molecule has 84 valence electrons. The van der Waals surface area contributed by atoms with Crippen LogP contribution in [0.1, 0.15) is 34.1 Å². The number of aliphatic hydroxyl groups excluding tert-OH is 1. The summed E-state index contributed by atoms with van der Waals surface area (Å²) in [5, 5.41) is 13.2. The molecule has 2 N–H and O–H groups in total. The standard InChI is InChI=1S/C11H24N2O/c1-8(2)12-10-5-11(14)7-13(6-10)9(3)4/h8-12,14H,5-7H2,1-4H3. The first kappa shape index (κ1) is 12.0. The molecule has 2 atom stereocenters. The highest BCUT2D eigenvalue weighted by Crippen LogP contribution is 2.13. The van der Waals surface area contributed by atoms with E-state index in [-0.39, 0.29) is 6.10 Å². The lowest BCUT2D eigenvalue weighted by Gasteiger charge is -2.39. The van der Waals surface area contributed by atoms with Gasteiger partial charge in [0.05, 0.1) is 6.10 Å². The first-order valence-electron chi connectivity index (χ1n) is 5.67. The van der Waals surface area contributed by atoms with Gasteiger partial charge < -0.3 is 10.4 Å². The van der Waals surface area contributed by atoms with Crippen molar-refractivity contribution in [1.82, 2.24) is 10.2 Å². The molecule has 0 aromatic rings. The second-order valence-corrected chi connectivity index (χ2v) is 4.96. The number of nitrogens with one attached hydrogen (secondary N) is 1. The molecule has 1 rings (SSSR count). The van der Waals surface area contributed by atoms with Crippen molar-refractivity contribution in [3.8, 4) is 0 Å². The van der Waals surface area contributed by atoms with E-state index in [2.05, 4.69) is 37.9 Å². The Hall–Kier alpha value is -0.120. The SMILES string of the molecule is CC(C)NC1CC(O)CN(C(C)C)C1. The van der Waals surface area contributed by atoms with Gasteiger partial charge in [0.2, 0.25) is 0 Å². The average molecular weight is 200 g/mol. The molecule has 0 aromatic carbocycles. The van der Waals surface area contributed by atoms with Crippen molar-refractivity contribution in [3.63, 3.8) is 0 Å². The van der Waals surface area contributed by atoms with Crippen molar-refractivity contribution < 1.29 is 5.11 Å². The summed E-state index contributed by atoms with van der Waals surface area (Å²) < 4.78 is 0. The molecule has 1 aliphatic rings. The van der Waals surface area contributed by atoms with Gasteiger partial charge in [-0.05, 0) is 20.3 Å². The van der Waals surface area contributed by atoms with Crippen molar-refractivity contribution >= 4 is 0 Å². The van der Waals surface area contributed by atoms with Crippen LogP contribution in [0.2, 0.25) is 0 Å². The molecule has 1 aliphatic heterocycles. The summed E-state index contributed by atoms with van der Waals surface area (Å²) in [6, 6.07) is 1.47. The number of piperidine rings is 1. The molecule has 1 fully saturated rings. The Balaban J connectivity index is 2.45. The van der Waals surface area contributed by atoms with Gasteiger partial charge in [0.25, 0.3) is 0 Å². The first-order chi connectivity index (χ1) is 6.49. The van der Waals surface area contributed by atoms with E-state index in [1.807, 2.05) is 0 Å². The maximum Gasteiger partial charge on any atom is 0.0682 e. The number of rotatable bonds is 3. The van der Waals surface area contributed by atoms with Crippen LogP contribution in [-0.4, -0.2) is 47.3 Å². The highest BCUT2D eigenvalue weighted by Gasteiger charge is 2.27. The van der Waals surface area contributed by atoms with Gasteiger partial charge in [-0.15, -0.1) is 0 Å². The molecule has 14 heavy (non-hydrogen) atoms. The van der Waals surface area contributed by atoms with Gasteiger partial charge in [-0.25, -0.2) is 0 Å². The summed E-state index contributed by atoms with van der Waals surface area (Å²) in [6.45, 7) is 10.6. The van der Waals surface area contributed by atoms with Crippen LogP contribution in [0.5, 0.6) is 0 Å². The second-order valence-electron chi connectivity index (χ2n) is 4.96. The van der Waals surface area contributed by atoms with Crippen molar-refractivity contribution in [2.75, 3.05) is 13.1 Å². The smallest absolute Gasteiger partial charge is 0.0682 e. The Morgan fingerprint density at radius 1 is 1.21 bits per heavy atom. The summed E-state index contributed by atoms with van der Waals surface area (Å²) >= 11 is 0. The van der Waals surface area contributed by atoms with E-state index in [1.165, 1.54) is 0 Å². The lowest BCUT2D eigenvalue weighted by molar-refractivity contribution is 0.0350. The normalized spacial score (nSPS) is 30.2. The molecule has 0 bridgehead atoms. The van der Waals surface area contributed by atoms with Crippen LogP contribution in [0.25, 0.3) is 0 Å². The third-order valence-corrected chi connectivity index (χ3v) is 2.76. The van der Waals surface area contributed by atoms with Gasteiger partial charge in [-0.3, -0.25) is 4.90 Å².